The van der Waals surface area contributed by atoms with E-state index in [1.807, 2.05) is 55.1 Å². The minimum absolute atomic E-state index is 0.234. The molecule has 1 aliphatic carbocycles. The number of nitrogens with one attached hydrogen (secondary N) is 2. The van der Waals surface area contributed by atoms with Crippen LogP contribution < -0.4 is 10.6 Å². The van der Waals surface area contributed by atoms with Gasteiger partial charge in [0.2, 0.25) is 5.95 Å². The Labute approximate surface area is 253 Å². The van der Waals surface area contributed by atoms with Crippen LogP contribution in [0.5, 0.6) is 0 Å². The second kappa shape index (κ2) is 11.7. The zero-order valence-corrected chi connectivity index (χ0v) is 24.1. The van der Waals surface area contributed by atoms with Crippen LogP contribution in [0.2, 0.25) is 5.02 Å². The van der Waals surface area contributed by atoms with Gasteiger partial charge in [0.1, 0.15) is 19.6 Å². The highest BCUT2D eigenvalue weighted by Gasteiger charge is 2.35. The van der Waals surface area contributed by atoms with Crippen molar-refractivity contribution in [2.45, 2.75) is 43.2 Å². The molecule has 1 fully saturated rings. The van der Waals surface area contributed by atoms with Gasteiger partial charge in [0, 0.05) is 29.9 Å². The fourth-order valence-electron chi connectivity index (χ4n) is 5.23. The maximum Gasteiger partial charge on any atom is 0.212 e. The first-order valence-corrected chi connectivity index (χ1v) is 14.3. The number of halogens is 2. The SMILES string of the molecule is BC(Nc1cc(Cl)c2ncc(C#N)c(NC(CCC#N)c3ccccc3)c2c1)(c1ccc(F)nc1)c1cn(C2CC2)nn1. The summed E-state index contributed by atoms with van der Waals surface area (Å²) in [7, 11) is 1.93. The van der Waals surface area contributed by atoms with Crippen LogP contribution in [0, 0.1) is 28.6 Å². The fraction of sp³-hybridized carbons (Fsp3) is 0.226. The van der Waals surface area contributed by atoms with Crippen LogP contribution in [0.25, 0.3) is 10.9 Å². The number of aromatic nitrogens is 5. The minimum atomic E-state index is -0.960. The van der Waals surface area contributed by atoms with Crippen LogP contribution in [0.4, 0.5) is 15.8 Å². The Morgan fingerprint density at radius 3 is 2.63 bits per heavy atom. The summed E-state index contributed by atoms with van der Waals surface area (Å²) < 4.78 is 15.7. The smallest absolute Gasteiger partial charge is 0.212 e. The van der Waals surface area contributed by atoms with Gasteiger partial charge in [-0.1, -0.05) is 53.2 Å². The number of hydrogen-bond donors (Lipinski definition) is 2. The van der Waals surface area contributed by atoms with E-state index in [0.717, 1.165) is 18.4 Å². The first kappa shape index (κ1) is 28.1. The zero-order valence-electron chi connectivity index (χ0n) is 23.3. The molecule has 2 N–H and O–H groups in total. The molecule has 0 radical (unpaired) electrons. The van der Waals surface area contributed by atoms with Crippen LogP contribution in [-0.2, 0) is 5.44 Å². The number of nitriles is 2. The van der Waals surface area contributed by atoms with Crippen LogP contribution in [0.3, 0.4) is 0 Å². The van der Waals surface area contributed by atoms with Gasteiger partial charge >= 0.3 is 0 Å². The Hall–Kier alpha value is -5.00. The van der Waals surface area contributed by atoms with Crippen molar-refractivity contribution in [2.75, 3.05) is 10.6 Å². The number of rotatable bonds is 10. The van der Waals surface area contributed by atoms with Gasteiger partial charge < -0.3 is 10.6 Å². The molecule has 0 amide bonds. The maximum absolute atomic E-state index is 13.8. The van der Waals surface area contributed by atoms with Crippen molar-refractivity contribution >= 4 is 41.7 Å². The van der Waals surface area contributed by atoms with E-state index in [2.05, 4.69) is 43.1 Å². The van der Waals surface area contributed by atoms with E-state index in [-0.39, 0.29) is 6.04 Å². The summed E-state index contributed by atoms with van der Waals surface area (Å²) in [5.74, 6) is -0.586. The van der Waals surface area contributed by atoms with Crippen molar-refractivity contribution in [3.05, 3.63) is 107 Å². The summed E-state index contributed by atoms with van der Waals surface area (Å²) in [5, 5.41) is 36.3. The van der Waals surface area contributed by atoms with Crippen molar-refractivity contribution in [1.29, 1.82) is 10.5 Å². The molecular weight excluding hydrogens is 564 g/mol. The summed E-state index contributed by atoms with van der Waals surface area (Å²) in [6, 6.07) is 21.0. The predicted octanol–water partition coefficient (Wildman–Crippen LogP) is 5.62. The summed E-state index contributed by atoms with van der Waals surface area (Å²) >= 11 is 6.81. The normalized spacial score (nSPS) is 14.8. The average Bonchev–Trinajstić information content (AvgIpc) is 3.75. The number of nitrogens with zero attached hydrogens (tertiary/aromatic N) is 7. The molecule has 212 valence electrons. The molecule has 6 rings (SSSR count). The molecule has 3 heterocycles. The molecule has 2 aromatic carbocycles. The molecule has 1 aliphatic rings. The highest BCUT2D eigenvalue weighted by Crippen LogP contribution is 2.39. The lowest BCUT2D eigenvalue weighted by molar-refractivity contribution is 0.580. The largest absolute Gasteiger partial charge is 0.377 e. The van der Waals surface area contributed by atoms with E-state index in [4.69, 9.17) is 11.6 Å². The maximum atomic E-state index is 13.8. The standard InChI is InChI=1S/C31H26BClFN9/c32-31(21-8-11-28(34)37-17-21,27-18-43(42-41-27)23-9-10-23)40-22-13-24-29(20(15-36)16-38-30(24)25(33)14-22)39-26(7-4-12-35)19-5-2-1-3-6-19/h1-3,5-6,8,11,13-14,16-18,23,26,40H,4,7,9-10,32H2,(H,38,39). The van der Waals surface area contributed by atoms with Gasteiger partial charge in [-0.05, 0) is 48.6 Å². The Morgan fingerprint density at radius 2 is 1.93 bits per heavy atom. The van der Waals surface area contributed by atoms with E-state index < -0.39 is 11.4 Å². The number of fused-ring (bicyclic) bond motifs is 1. The summed E-state index contributed by atoms with van der Waals surface area (Å²) in [6.07, 6.45) is 7.84. The summed E-state index contributed by atoms with van der Waals surface area (Å²) in [5.41, 5.74) is 3.39. The molecule has 2 unspecified atom stereocenters. The average molecular weight is 590 g/mol. The van der Waals surface area contributed by atoms with E-state index >= 15 is 0 Å². The molecular formula is C31H26BClFN9. The van der Waals surface area contributed by atoms with Crippen molar-refractivity contribution in [3.63, 3.8) is 0 Å². The van der Waals surface area contributed by atoms with Crippen molar-refractivity contribution in [3.8, 4) is 12.1 Å². The molecule has 0 saturated heterocycles. The fourth-order valence-corrected chi connectivity index (χ4v) is 5.50. The number of benzene rings is 2. The van der Waals surface area contributed by atoms with Crippen LogP contribution >= 0.6 is 11.6 Å². The molecule has 0 spiro atoms. The quantitative estimate of drug-likeness (QED) is 0.159. The van der Waals surface area contributed by atoms with Crippen molar-refractivity contribution < 1.29 is 4.39 Å². The Bertz CT molecular complexity index is 1860. The molecule has 0 aliphatic heterocycles. The zero-order chi connectivity index (χ0) is 30.0. The van der Waals surface area contributed by atoms with Gasteiger partial charge in [-0.3, -0.25) is 4.98 Å². The van der Waals surface area contributed by atoms with Gasteiger partial charge in [-0.15, -0.1) is 5.10 Å². The Balaban J connectivity index is 1.45. The number of pyridine rings is 2. The van der Waals surface area contributed by atoms with E-state index in [1.165, 1.54) is 18.5 Å². The Morgan fingerprint density at radius 1 is 1.12 bits per heavy atom. The predicted molar refractivity (Wildman–Crippen MR) is 165 cm³/mol. The highest BCUT2D eigenvalue weighted by molar-refractivity contribution is 6.36. The number of hydrogen-bond acceptors (Lipinski definition) is 8. The molecule has 1 saturated carbocycles. The van der Waals surface area contributed by atoms with Gasteiger partial charge in [-0.25, -0.2) is 9.67 Å². The lowest BCUT2D eigenvalue weighted by Gasteiger charge is -2.31. The third-order valence-electron chi connectivity index (χ3n) is 7.75. The highest BCUT2D eigenvalue weighted by atomic mass is 35.5. The minimum Gasteiger partial charge on any atom is -0.377 e. The molecule has 0 bridgehead atoms. The van der Waals surface area contributed by atoms with Gasteiger partial charge in [0.05, 0.1) is 51.6 Å². The molecule has 43 heavy (non-hydrogen) atoms. The molecule has 3 aromatic heterocycles. The third-order valence-corrected chi connectivity index (χ3v) is 8.04. The first-order valence-electron chi connectivity index (χ1n) is 13.9. The lowest BCUT2D eigenvalue weighted by atomic mass is 9.70. The molecule has 9 nitrogen and oxygen atoms in total. The first-order chi connectivity index (χ1) is 20.9. The summed E-state index contributed by atoms with van der Waals surface area (Å²) in [4.78, 5) is 8.39. The lowest BCUT2D eigenvalue weighted by Crippen LogP contribution is -2.38. The van der Waals surface area contributed by atoms with Gasteiger partial charge in [0.25, 0.3) is 0 Å². The van der Waals surface area contributed by atoms with E-state index in [0.29, 0.717) is 63.0 Å². The second-order valence-corrected chi connectivity index (χ2v) is 11.2. The van der Waals surface area contributed by atoms with Crippen LogP contribution in [0.15, 0.2) is 73.2 Å². The van der Waals surface area contributed by atoms with Gasteiger partial charge in [0.15, 0.2) is 0 Å². The monoisotopic (exact) mass is 589 g/mol. The third kappa shape index (κ3) is 5.72. The number of anilines is 2. The van der Waals surface area contributed by atoms with Crippen molar-refractivity contribution in [1.82, 2.24) is 25.0 Å². The van der Waals surface area contributed by atoms with Crippen molar-refractivity contribution in [2.24, 2.45) is 0 Å². The van der Waals surface area contributed by atoms with E-state index in [1.54, 1.807) is 12.1 Å². The topological polar surface area (TPSA) is 128 Å². The van der Waals surface area contributed by atoms with Gasteiger partial charge in [-0.2, -0.15) is 14.9 Å². The Kier molecular flexibility index (Phi) is 7.66. The second-order valence-electron chi connectivity index (χ2n) is 10.8. The van der Waals surface area contributed by atoms with E-state index in [9.17, 15) is 14.9 Å². The van der Waals surface area contributed by atoms with Crippen LogP contribution in [-0.4, -0.2) is 32.8 Å². The van der Waals surface area contributed by atoms with Crippen LogP contribution in [0.1, 0.15) is 60.2 Å². The molecule has 2 atom stereocenters. The molecule has 5 aromatic rings. The summed E-state index contributed by atoms with van der Waals surface area (Å²) in [6.45, 7) is 0. The molecule has 12 heteroatoms.